The molecule has 5 nitrogen and oxygen atoms in total. The van der Waals surface area contributed by atoms with Crippen molar-refractivity contribution < 1.29 is 0 Å². The summed E-state index contributed by atoms with van der Waals surface area (Å²) in [4.78, 5) is 3.95. The minimum absolute atomic E-state index is 0.648. The fourth-order valence-electron chi connectivity index (χ4n) is 0.794. The van der Waals surface area contributed by atoms with E-state index in [4.69, 9.17) is 5.84 Å². The molecule has 0 atom stereocenters. The second-order valence-corrected chi connectivity index (χ2v) is 1.89. The van der Waals surface area contributed by atoms with E-state index < -0.39 is 0 Å². The van der Waals surface area contributed by atoms with Crippen LogP contribution in [0.5, 0.6) is 0 Å². The van der Waals surface area contributed by atoms with E-state index >= 15 is 0 Å². The molecule has 0 unspecified atom stereocenters. The van der Waals surface area contributed by atoms with Gasteiger partial charge in [-0.2, -0.15) is 0 Å². The molecule has 0 bridgehead atoms. The summed E-state index contributed by atoms with van der Waals surface area (Å²) in [5.74, 6) is 6.10. The van der Waals surface area contributed by atoms with Crippen molar-refractivity contribution in [2.75, 3.05) is 5.84 Å². The molecular formula is C5H5N5. The Morgan fingerprint density at radius 3 is 3.20 bits per heavy atom. The van der Waals surface area contributed by atoms with E-state index in [9.17, 15) is 0 Å². The monoisotopic (exact) mass is 135 g/mol. The van der Waals surface area contributed by atoms with Crippen molar-refractivity contribution in [2.45, 2.75) is 0 Å². The summed E-state index contributed by atoms with van der Waals surface area (Å²) in [6, 6.07) is 1.76. The molecule has 2 aliphatic rings. The van der Waals surface area contributed by atoms with Crippen molar-refractivity contribution in [1.29, 1.82) is 0 Å². The third-order valence-corrected chi connectivity index (χ3v) is 1.24. The number of aromatic nitrogens is 4. The van der Waals surface area contributed by atoms with Gasteiger partial charge in [0, 0.05) is 6.20 Å². The maximum Gasteiger partial charge on any atom is 0.180 e. The van der Waals surface area contributed by atoms with Gasteiger partial charge in [-0.3, -0.25) is 0 Å². The van der Waals surface area contributed by atoms with Crippen LogP contribution in [0.2, 0.25) is 0 Å². The van der Waals surface area contributed by atoms with E-state index in [0.717, 1.165) is 0 Å². The lowest BCUT2D eigenvalue weighted by atomic mass is 10.4. The Kier molecular flexibility index (Phi) is 0.858. The molecule has 0 saturated heterocycles. The van der Waals surface area contributed by atoms with Crippen molar-refractivity contribution in [3.63, 3.8) is 0 Å². The first-order valence-electron chi connectivity index (χ1n) is 2.78. The van der Waals surface area contributed by atoms with Crippen LogP contribution in [0.25, 0.3) is 11.5 Å². The molecular weight excluding hydrogens is 130 g/mol. The maximum atomic E-state index is 5.45. The third-order valence-electron chi connectivity index (χ3n) is 1.24. The number of hydrogen-bond acceptors (Lipinski definition) is 4. The first-order chi connectivity index (χ1) is 4.88. The van der Waals surface area contributed by atoms with Crippen molar-refractivity contribution in [3.8, 4) is 11.5 Å². The van der Waals surface area contributed by atoms with Gasteiger partial charge in [-0.25, -0.2) is 9.66 Å². The number of hydrogen-bond donors (Lipinski definition) is 1. The molecule has 0 aliphatic carbocycles. The lowest BCUT2D eigenvalue weighted by Gasteiger charge is -2.00. The number of nitrogens with two attached hydrogens (primary N) is 1. The summed E-state index contributed by atoms with van der Waals surface area (Å²) >= 11 is 0. The minimum atomic E-state index is 0.648. The highest BCUT2D eigenvalue weighted by molar-refractivity contribution is 5.49. The molecule has 0 saturated carbocycles. The highest BCUT2D eigenvalue weighted by Crippen LogP contribution is 2.11. The number of nitrogen functional groups attached to an aromatic ring is 1. The zero-order valence-corrected chi connectivity index (χ0v) is 5.10. The second-order valence-electron chi connectivity index (χ2n) is 1.89. The van der Waals surface area contributed by atoms with Crippen LogP contribution in [0, 0.1) is 0 Å². The Balaban J connectivity index is 2.80. The molecule has 2 N–H and O–H groups in total. The van der Waals surface area contributed by atoms with Crippen LogP contribution in [0.4, 0.5) is 0 Å². The van der Waals surface area contributed by atoms with Gasteiger partial charge < -0.3 is 5.84 Å². The lowest BCUT2D eigenvalue weighted by Crippen LogP contribution is -2.13. The predicted molar refractivity (Wildman–Crippen MR) is 34.6 cm³/mol. The molecule has 0 radical (unpaired) electrons. The highest BCUT2D eigenvalue weighted by Gasteiger charge is 2.06. The largest absolute Gasteiger partial charge is 0.336 e. The fraction of sp³-hybridized carbons (Fsp3) is 0. The first kappa shape index (κ1) is 5.16. The van der Waals surface area contributed by atoms with Crippen LogP contribution >= 0.6 is 0 Å². The van der Waals surface area contributed by atoms with E-state index in [1.165, 1.54) is 11.0 Å². The molecule has 0 aromatic carbocycles. The lowest BCUT2D eigenvalue weighted by molar-refractivity contribution is 0.849. The molecule has 2 aliphatic heterocycles. The predicted octanol–water partition coefficient (Wildman–Crippen LogP) is -0.508. The Bertz CT molecular complexity index is 314. The van der Waals surface area contributed by atoms with Crippen molar-refractivity contribution in [2.24, 2.45) is 0 Å². The van der Waals surface area contributed by atoms with Crippen LogP contribution in [0.3, 0.4) is 0 Å². The fourth-order valence-corrected chi connectivity index (χ4v) is 0.794. The average Bonchev–Trinajstić information content (AvgIpc) is 2.36. The summed E-state index contributed by atoms with van der Waals surface area (Å²) in [7, 11) is 0. The Morgan fingerprint density at radius 2 is 2.40 bits per heavy atom. The number of nitrogens with zero attached hydrogens (tertiary/aromatic N) is 4. The van der Waals surface area contributed by atoms with Crippen LogP contribution in [-0.2, 0) is 0 Å². The van der Waals surface area contributed by atoms with E-state index in [0.29, 0.717) is 11.5 Å². The molecule has 2 rings (SSSR count). The van der Waals surface area contributed by atoms with Gasteiger partial charge >= 0.3 is 0 Å². The van der Waals surface area contributed by atoms with Gasteiger partial charge in [0.05, 0.1) is 0 Å². The normalized spacial score (nSPS) is 10.4. The summed E-state index contributed by atoms with van der Waals surface area (Å²) in [5.41, 5.74) is 0.713. The van der Waals surface area contributed by atoms with E-state index in [-0.39, 0.29) is 0 Å². The average molecular weight is 135 g/mol. The number of fused-ring (bicyclic) bond motifs is 1. The second kappa shape index (κ2) is 1.66. The first-order valence-corrected chi connectivity index (χ1v) is 2.78. The molecule has 10 heavy (non-hydrogen) atoms. The summed E-state index contributed by atoms with van der Waals surface area (Å²) < 4.78 is 1.34. The van der Waals surface area contributed by atoms with Gasteiger partial charge in [-0.05, 0) is 6.07 Å². The molecule has 0 amide bonds. The Morgan fingerprint density at radius 1 is 1.50 bits per heavy atom. The summed E-state index contributed by atoms with van der Waals surface area (Å²) in [5, 5.41) is 7.42. The van der Waals surface area contributed by atoms with Gasteiger partial charge in [0.25, 0.3) is 0 Å². The van der Waals surface area contributed by atoms with Crippen molar-refractivity contribution in [1.82, 2.24) is 19.9 Å². The van der Waals surface area contributed by atoms with E-state index in [1.54, 1.807) is 12.3 Å². The summed E-state index contributed by atoms with van der Waals surface area (Å²) in [6.45, 7) is 0. The van der Waals surface area contributed by atoms with Crippen LogP contribution in [-0.4, -0.2) is 19.9 Å². The standard InChI is InChI=1S/C5H5N5/c6-10-3-8-9-4-1-2-7-5(4)10/h1-3H,6H2. The van der Waals surface area contributed by atoms with Gasteiger partial charge in [-0.15, -0.1) is 10.2 Å². The molecule has 0 spiro atoms. The van der Waals surface area contributed by atoms with Gasteiger partial charge in [0.15, 0.2) is 5.82 Å². The van der Waals surface area contributed by atoms with Gasteiger partial charge in [0.2, 0.25) is 0 Å². The zero-order chi connectivity index (χ0) is 6.97. The quantitative estimate of drug-likeness (QED) is 0.494. The molecule has 2 heterocycles. The molecule has 0 aromatic rings. The van der Waals surface area contributed by atoms with Crippen molar-refractivity contribution in [3.05, 3.63) is 18.6 Å². The highest BCUT2D eigenvalue weighted by atomic mass is 15.4. The van der Waals surface area contributed by atoms with Gasteiger partial charge in [0.1, 0.15) is 12.0 Å². The van der Waals surface area contributed by atoms with Crippen LogP contribution in [0.1, 0.15) is 0 Å². The molecule has 0 aromatic heterocycles. The minimum Gasteiger partial charge on any atom is -0.336 e. The SMILES string of the molecule is Nn1cnnc2ccnc1-2. The smallest absolute Gasteiger partial charge is 0.180 e. The van der Waals surface area contributed by atoms with Crippen LogP contribution in [0.15, 0.2) is 18.6 Å². The van der Waals surface area contributed by atoms with Crippen molar-refractivity contribution >= 4 is 0 Å². The third kappa shape index (κ3) is 0.540. The van der Waals surface area contributed by atoms with Crippen LogP contribution < -0.4 is 5.84 Å². The summed E-state index contributed by atoms with van der Waals surface area (Å²) in [6.07, 6.45) is 3.05. The van der Waals surface area contributed by atoms with Gasteiger partial charge in [-0.1, -0.05) is 0 Å². The zero-order valence-electron chi connectivity index (χ0n) is 5.10. The topological polar surface area (TPSA) is 69.6 Å². The van der Waals surface area contributed by atoms with E-state index in [2.05, 4.69) is 15.2 Å². The Hall–Kier alpha value is -1.65. The molecule has 50 valence electrons. The Labute approximate surface area is 56.8 Å². The molecule has 0 fully saturated rings. The van der Waals surface area contributed by atoms with E-state index in [1.807, 2.05) is 0 Å². The maximum absolute atomic E-state index is 5.45. The number of rotatable bonds is 0. The molecule has 5 heteroatoms.